The molecule has 0 aliphatic heterocycles. The van der Waals surface area contributed by atoms with Crippen LogP contribution in [-0.2, 0) is 16.0 Å². The lowest BCUT2D eigenvalue weighted by Crippen LogP contribution is -2.43. The molecule has 0 unspecified atom stereocenters. The first kappa shape index (κ1) is 18.3. The largest absolute Gasteiger partial charge is 0.481 e. The fourth-order valence-electron chi connectivity index (χ4n) is 2.14. The molecule has 0 fully saturated rings. The minimum atomic E-state index is -0.606. The van der Waals surface area contributed by atoms with E-state index >= 15 is 0 Å². The molecule has 0 aliphatic rings. The van der Waals surface area contributed by atoms with Crippen LogP contribution in [0, 0.1) is 0 Å². The quantitative estimate of drug-likeness (QED) is 0.813. The molecule has 6 heteroatoms. The molecule has 0 radical (unpaired) electrons. The average molecular weight is 366 g/mol. The summed E-state index contributed by atoms with van der Waals surface area (Å²) < 4.78 is 5.37. The minimum Gasteiger partial charge on any atom is -0.481 e. The topological polar surface area (TPSA) is 55.4 Å². The van der Waals surface area contributed by atoms with Gasteiger partial charge >= 0.3 is 0 Å². The number of ether oxygens (including phenoxy) is 1. The maximum absolute atomic E-state index is 12.1. The number of benzene rings is 2. The van der Waals surface area contributed by atoms with E-state index in [-0.39, 0.29) is 18.1 Å². The zero-order chi connectivity index (χ0) is 17.5. The van der Waals surface area contributed by atoms with Gasteiger partial charge in [-0.05, 0) is 31.0 Å². The Morgan fingerprint density at radius 3 is 2.25 bits per heavy atom. The standard InChI is InChI=1S/C18H17Cl2NO3/c1-12(22)16(10-13-6-3-2-4-7-13)21-17(23)11-24-18-14(19)8-5-9-15(18)20/h2-9,16H,10-11H2,1H3,(H,21,23)/t16-/m1/s1. The van der Waals surface area contributed by atoms with Crippen molar-refractivity contribution in [3.63, 3.8) is 0 Å². The van der Waals surface area contributed by atoms with Crippen molar-refractivity contribution < 1.29 is 14.3 Å². The van der Waals surface area contributed by atoms with E-state index in [1.165, 1.54) is 6.92 Å². The number of nitrogens with one attached hydrogen (secondary N) is 1. The Morgan fingerprint density at radius 2 is 1.67 bits per heavy atom. The Bertz CT molecular complexity index is 699. The number of halogens is 2. The summed E-state index contributed by atoms with van der Waals surface area (Å²) >= 11 is 12.0. The molecule has 1 N–H and O–H groups in total. The smallest absolute Gasteiger partial charge is 0.258 e. The van der Waals surface area contributed by atoms with Gasteiger partial charge in [-0.1, -0.05) is 59.6 Å². The van der Waals surface area contributed by atoms with Gasteiger partial charge < -0.3 is 10.1 Å². The summed E-state index contributed by atoms with van der Waals surface area (Å²) in [6, 6.07) is 13.8. The molecule has 2 aromatic rings. The fourth-order valence-corrected chi connectivity index (χ4v) is 2.65. The molecule has 0 aromatic heterocycles. The van der Waals surface area contributed by atoms with Gasteiger partial charge in [0.1, 0.15) is 0 Å². The van der Waals surface area contributed by atoms with Gasteiger partial charge in [0, 0.05) is 0 Å². The van der Waals surface area contributed by atoms with Crippen molar-refractivity contribution in [1.29, 1.82) is 0 Å². The van der Waals surface area contributed by atoms with Crippen LogP contribution in [0.3, 0.4) is 0 Å². The van der Waals surface area contributed by atoms with Crippen molar-refractivity contribution in [2.75, 3.05) is 6.61 Å². The third kappa shape index (κ3) is 5.25. The van der Waals surface area contributed by atoms with E-state index in [9.17, 15) is 9.59 Å². The zero-order valence-corrected chi connectivity index (χ0v) is 14.6. The highest BCUT2D eigenvalue weighted by Gasteiger charge is 2.18. The van der Waals surface area contributed by atoms with Crippen molar-refractivity contribution in [2.45, 2.75) is 19.4 Å². The van der Waals surface area contributed by atoms with Crippen LogP contribution in [-0.4, -0.2) is 24.3 Å². The monoisotopic (exact) mass is 365 g/mol. The highest BCUT2D eigenvalue weighted by atomic mass is 35.5. The number of ketones is 1. The number of Topliss-reactive ketones (excluding diaryl/α,β-unsaturated/α-hetero) is 1. The molecular weight excluding hydrogens is 349 g/mol. The van der Waals surface area contributed by atoms with Crippen molar-refractivity contribution in [2.24, 2.45) is 0 Å². The van der Waals surface area contributed by atoms with Gasteiger partial charge in [0.05, 0.1) is 16.1 Å². The molecule has 0 aliphatic carbocycles. The molecule has 4 nitrogen and oxygen atoms in total. The molecule has 0 saturated carbocycles. The van der Waals surface area contributed by atoms with Gasteiger partial charge in [-0.15, -0.1) is 0 Å². The van der Waals surface area contributed by atoms with Gasteiger partial charge in [-0.3, -0.25) is 9.59 Å². The molecule has 2 rings (SSSR count). The fraction of sp³-hybridized carbons (Fsp3) is 0.222. The predicted molar refractivity (Wildman–Crippen MR) is 94.7 cm³/mol. The van der Waals surface area contributed by atoms with Crippen LogP contribution >= 0.6 is 23.2 Å². The Labute approximate surface area is 150 Å². The van der Waals surface area contributed by atoms with Crippen LogP contribution in [0.25, 0.3) is 0 Å². The lowest BCUT2D eigenvalue weighted by atomic mass is 10.0. The van der Waals surface area contributed by atoms with E-state index in [2.05, 4.69) is 5.32 Å². The van der Waals surface area contributed by atoms with E-state index in [0.29, 0.717) is 16.5 Å². The maximum atomic E-state index is 12.1. The molecule has 1 amide bonds. The third-order valence-electron chi connectivity index (χ3n) is 3.38. The number of para-hydroxylation sites is 1. The van der Waals surface area contributed by atoms with Crippen LogP contribution in [0.4, 0.5) is 0 Å². The predicted octanol–water partition coefficient (Wildman–Crippen LogP) is 3.69. The van der Waals surface area contributed by atoms with E-state index < -0.39 is 11.9 Å². The molecule has 0 saturated heterocycles. The van der Waals surface area contributed by atoms with Gasteiger partial charge in [-0.25, -0.2) is 0 Å². The lowest BCUT2D eigenvalue weighted by Gasteiger charge is -2.17. The van der Waals surface area contributed by atoms with Crippen LogP contribution in [0.2, 0.25) is 10.0 Å². The second-order valence-corrected chi connectivity index (χ2v) is 6.07. The number of amides is 1. The number of rotatable bonds is 7. The van der Waals surface area contributed by atoms with Crippen molar-refractivity contribution in [3.05, 3.63) is 64.1 Å². The highest BCUT2D eigenvalue weighted by molar-refractivity contribution is 6.37. The Balaban J connectivity index is 1.95. The van der Waals surface area contributed by atoms with Crippen LogP contribution in [0.5, 0.6) is 5.75 Å². The van der Waals surface area contributed by atoms with Crippen molar-refractivity contribution in [3.8, 4) is 5.75 Å². The number of hydrogen-bond donors (Lipinski definition) is 1. The Hall–Kier alpha value is -2.04. The first-order chi connectivity index (χ1) is 11.5. The van der Waals surface area contributed by atoms with Crippen LogP contribution < -0.4 is 10.1 Å². The second kappa shape index (κ2) is 8.71. The maximum Gasteiger partial charge on any atom is 0.258 e. The van der Waals surface area contributed by atoms with Gasteiger partial charge in [0.2, 0.25) is 0 Å². The molecule has 126 valence electrons. The number of carbonyl (C=O) groups is 2. The number of carbonyl (C=O) groups excluding carboxylic acids is 2. The molecule has 0 bridgehead atoms. The van der Waals surface area contributed by atoms with Crippen molar-refractivity contribution in [1.82, 2.24) is 5.32 Å². The SMILES string of the molecule is CC(=O)[C@@H](Cc1ccccc1)NC(=O)COc1c(Cl)cccc1Cl. The summed E-state index contributed by atoms with van der Waals surface area (Å²) in [7, 11) is 0. The molecular formula is C18H17Cl2NO3. The third-order valence-corrected chi connectivity index (χ3v) is 3.97. The van der Waals surface area contributed by atoms with Crippen LogP contribution in [0.1, 0.15) is 12.5 Å². The average Bonchev–Trinajstić information content (AvgIpc) is 2.54. The second-order valence-electron chi connectivity index (χ2n) is 5.26. The first-order valence-corrected chi connectivity index (χ1v) is 8.13. The molecule has 2 aromatic carbocycles. The molecule has 0 spiro atoms. The summed E-state index contributed by atoms with van der Waals surface area (Å²) in [5.41, 5.74) is 0.966. The van der Waals surface area contributed by atoms with E-state index in [1.54, 1.807) is 18.2 Å². The van der Waals surface area contributed by atoms with Crippen molar-refractivity contribution >= 4 is 34.9 Å². The molecule has 1 atom stereocenters. The van der Waals surface area contributed by atoms with E-state index in [4.69, 9.17) is 27.9 Å². The number of hydrogen-bond acceptors (Lipinski definition) is 3. The highest BCUT2D eigenvalue weighted by Crippen LogP contribution is 2.32. The first-order valence-electron chi connectivity index (χ1n) is 7.38. The van der Waals surface area contributed by atoms with E-state index in [0.717, 1.165) is 5.56 Å². The Kier molecular flexibility index (Phi) is 6.64. The van der Waals surface area contributed by atoms with Gasteiger partial charge in [-0.2, -0.15) is 0 Å². The normalized spacial score (nSPS) is 11.6. The molecule has 24 heavy (non-hydrogen) atoms. The minimum absolute atomic E-state index is 0.122. The zero-order valence-electron chi connectivity index (χ0n) is 13.1. The summed E-state index contributed by atoms with van der Waals surface area (Å²) in [5.74, 6) is -0.288. The van der Waals surface area contributed by atoms with E-state index in [1.807, 2.05) is 30.3 Å². The van der Waals surface area contributed by atoms with Crippen LogP contribution in [0.15, 0.2) is 48.5 Å². The summed E-state index contributed by atoms with van der Waals surface area (Å²) in [4.78, 5) is 23.8. The molecule has 0 heterocycles. The van der Waals surface area contributed by atoms with Gasteiger partial charge in [0.25, 0.3) is 5.91 Å². The summed E-state index contributed by atoms with van der Waals surface area (Å²) in [6.45, 7) is 1.17. The lowest BCUT2D eigenvalue weighted by molar-refractivity contribution is -0.128. The Morgan fingerprint density at radius 1 is 1.04 bits per heavy atom. The van der Waals surface area contributed by atoms with Gasteiger partial charge in [0.15, 0.2) is 18.1 Å². The summed E-state index contributed by atoms with van der Waals surface area (Å²) in [5, 5.41) is 3.32. The summed E-state index contributed by atoms with van der Waals surface area (Å²) in [6.07, 6.45) is 0.425.